The van der Waals surface area contributed by atoms with Crippen LogP contribution in [-0.2, 0) is 11.3 Å². The van der Waals surface area contributed by atoms with Crippen molar-refractivity contribution in [1.82, 2.24) is 0 Å². The van der Waals surface area contributed by atoms with Crippen molar-refractivity contribution in [2.45, 2.75) is 6.61 Å². The van der Waals surface area contributed by atoms with Gasteiger partial charge in [-0.3, -0.25) is 0 Å². The molecule has 0 bridgehead atoms. The standard InChI is InChI=1S/C22H16O4/c23-19-12-13-21(24)20(14-19)22(25)26-15-18-10-8-17(9-11-18)7-6-16-4-2-1-3-5-16/h1-5,8-14,23-24H,15H2. The number of carbonyl (C=O) groups excluding carboxylic acids is 1. The van der Waals surface area contributed by atoms with Crippen molar-refractivity contribution < 1.29 is 19.7 Å². The maximum atomic E-state index is 12.0. The van der Waals surface area contributed by atoms with Crippen molar-refractivity contribution in [2.24, 2.45) is 0 Å². The number of rotatable bonds is 3. The molecule has 0 atom stereocenters. The lowest BCUT2D eigenvalue weighted by Crippen LogP contribution is -2.05. The van der Waals surface area contributed by atoms with Gasteiger partial charge in [0.2, 0.25) is 0 Å². The maximum absolute atomic E-state index is 12.0. The summed E-state index contributed by atoms with van der Waals surface area (Å²) in [7, 11) is 0. The number of phenolic OH excluding ortho intramolecular Hbond substituents is 2. The van der Waals surface area contributed by atoms with Gasteiger partial charge in [-0.25, -0.2) is 4.79 Å². The number of phenols is 2. The third-order valence-corrected chi connectivity index (χ3v) is 3.65. The Morgan fingerprint density at radius 1 is 0.846 bits per heavy atom. The van der Waals surface area contributed by atoms with Gasteiger partial charge in [0.1, 0.15) is 23.7 Å². The van der Waals surface area contributed by atoms with E-state index >= 15 is 0 Å². The predicted molar refractivity (Wildman–Crippen MR) is 97.8 cm³/mol. The molecular formula is C22H16O4. The average molecular weight is 344 g/mol. The van der Waals surface area contributed by atoms with Gasteiger partial charge in [-0.15, -0.1) is 0 Å². The zero-order valence-electron chi connectivity index (χ0n) is 13.8. The van der Waals surface area contributed by atoms with Gasteiger partial charge in [-0.05, 0) is 48.0 Å². The Bertz CT molecular complexity index is 965. The van der Waals surface area contributed by atoms with Crippen LogP contribution in [0.2, 0.25) is 0 Å². The van der Waals surface area contributed by atoms with Crippen molar-refractivity contribution in [3.8, 4) is 23.3 Å². The summed E-state index contributed by atoms with van der Waals surface area (Å²) in [5, 5.41) is 19.1. The van der Waals surface area contributed by atoms with Crippen LogP contribution in [-0.4, -0.2) is 16.2 Å². The largest absolute Gasteiger partial charge is 0.508 e. The average Bonchev–Trinajstić information content (AvgIpc) is 2.68. The van der Waals surface area contributed by atoms with E-state index in [1.807, 2.05) is 54.6 Å². The molecule has 128 valence electrons. The number of esters is 1. The molecule has 26 heavy (non-hydrogen) atoms. The fourth-order valence-corrected chi connectivity index (χ4v) is 2.26. The van der Waals surface area contributed by atoms with E-state index in [9.17, 15) is 15.0 Å². The van der Waals surface area contributed by atoms with Gasteiger partial charge in [-0.1, -0.05) is 42.2 Å². The molecule has 4 heteroatoms. The highest BCUT2D eigenvalue weighted by atomic mass is 16.5. The summed E-state index contributed by atoms with van der Waals surface area (Å²) >= 11 is 0. The van der Waals surface area contributed by atoms with Crippen LogP contribution in [0.5, 0.6) is 11.5 Å². The molecule has 3 aromatic carbocycles. The van der Waals surface area contributed by atoms with Crippen LogP contribution in [0.25, 0.3) is 0 Å². The fourth-order valence-electron chi connectivity index (χ4n) is 2.26. The highest BCUT2D eigenvalue weighted by Gasteiger charge is 2.13. The molecule has 0 aromatic heterocycles. The molecule has 0 spiro atoms. The normalized spacial score (nSPS) is 9.85. The lowest BCUT2D eigenvalue weighted by atomic mass is 10.1. The van der Waals surface area contributed by atoms with Gasteiger partial charge in [-0.2, -0.15) is 0 Å². The molecule has 0 aliphatic heterocycles. The number of aromatic hydroxyl groups is 2. The minimum atomic E-state index is -0.702. The first-order chi connectivity index (χ1) is 12.6. The van der Waals surface area contributed by atoms with Crippen LogP contribution in [0.15, 0.2) is 72.8 Å². The van der Waals surface area contributed by atoms with Crippen LogP contribution in [0, 0.1) is 11.8 Å². The second-order valence-electron chi connectivity index (χ2n) is 5.59. The first-order valence-corrected chi connectivity index (χ1v) is 7.97. The second-order valence-corrected chi connectivity index (χ2v) is 5.59. The van der Waals surface area contributed by atoms with Crippen LogP contribution >= 0.6 is 0 Å². The quantitative estimate of drug-likeness (QED) is 0.430. The number of carbonyl (C=O) groups is 1. The summed E-state index contributed by atoms with van der Waals surface area (Å²) in [4.78, 5) is 12.0. The van der Waals surface area contributed by atoms with E-state index in [2.05, 4.69) is 11.8 Å². The summed E-state index contributed by atoms with van der Waals surface area (Å²) in [6, 6.07) is 20.8. The number of ether oxygens (including phenoxy) is 1. The zero-order valence-corrected chi connectivity index (χ0v) is 13.8. The fraction of sp³-hybridized carbons (Fsp3) is 0.0455. The molecule has 0 amide bonds. The van der Waals surface area contributed by atoms with Crippen LogP contribution in [0.4, 0.5) is 0 Å². The maximum Gasteiger partial charge on any atom is 0.342 e. The summed E-state index contributed by atoms with van der Waals surface area (Å²) in [6.45, 7) is 0.0559. The first-order valence-electron chi connectivity index (χ1n) is 7.97. The topological polar surface area (TPSA) is 66.8 Å². The molecule has 0 saturated heterocycles. The van der Waals surface area contributed by atoms with Gasteiger partial charge < -0.3 is 14.9 Å². The van der Waals surface area contributed by atoms with E-state index in [0.29, 0.717) is 0 Å². The molecule has 0 radical (unpaired) electrons. The third kappa shape index (κ3) is 4.43. The van der Waals surface area contributed by atoms with Gasteiger partial charge in [0, 0.05) is 11.1 Å². The lowest BCUT2D eigenvalue weighted by Gasteiger charge is -2.07. The van der Waals surface area contributed by atoms with E-state index in [1.165, 1.54) is 18.2 Å². The lowest BCUT2D eigenvalue weighted by molar-refractivity contribution is 0.0469. The minimum absolute atomic E-state index is 0.0559. The van der Waals surface area contributed by atoms with Crippen molar-refractivity contribution in [1.29, 1.82) is 0 Å². The Balaban J connectivity index is 1.62. The van der Waals surface area contributed by atoms with E-state index < -0.39 is 5.97 Å². The molecule has 3 aromatic rings. The number of benzene rings is 3. The van der Waals surface area contributed by atoms with Gasteiger partial charge in [0.05, 0.1) is 0 Å². The Labute approximate surface area is 151 Å². The molecular weight excluding hydrogens is 328 g/mol. The summed E-state index contributed by atoms with van der Waals surface area (Å²) in [5.74, 6) is 5.10. The van der Waals surface area contributed by atoms with Crippen LogP contribution in [0.3, 0.4) is 0 Å². The van der Waals surface area contributed by atoms with Crippen molar-refractivity contribution >= 4 is 5.97 Å². The molecule has 0 fully saturated rings. The molecule has 0 aliphatic rings. The molecule has 0 aliphatic carbocycles. The third-order valence-electron chi connectivity index (χ3n) is 3.65. The molecule has 2 N–H and O–H groups in total. The molecule has 0 heterocycles. The summed E-state index contributed by atoms with van der Waals surface area (Å²) < 4.78 is 5.17. The van der Waals surface area contributed by atoms with E-state index in [1.54, 1.807) is 0 Å². The Morgan fingerprint density at radius 3 is 2.19 bits per heavy atom. The SMILES string of the molecule is O=C(OCc1ccc(C#Cc2ccccc2)cc1)c1cc(O)ccc1O. The summed E-state index contributed by atoms with van der Waals surface area (Å²) in [5.41, 5.74) is 2.52. The molecule has 4 nitrogen and oxygen atoms in total. The van der Waals surface area contributed by atoms with Gasteiger partial charge >= 0.3 is 5.97 Å². The summed E-state index contributed by atoms with van der Waals surface area (Å²) in [6.07, 6.45) is 0. The highest BCUT2D eigenvalue weighted by Crippen LogP contribution is 2.23. The smallest absolute Gasteiger partial charge is 0.342 e. The molecule has 0 saturated carbocycles. The van der Waals surface area contributed by atoms with Gasteiger partial charge in [0.15, 0.2) is 0 Å². The van der Waals surface area contributed by atoms with Crippen LogP contribution < -0.4 is 0 Å². The van der Waals surface area contributed by atoms with Crippen molar-refractivity contribution in [2.75, 3.05) is 0 Å². The van der Waals surface area contributed by atoms with E-state index in [-0.39, 0.29) is 23.7 Å². The highest BCUT2D eigenvalue weighted by molar-refractivity contribution is 5.92. The molecule has 0 unspecified atom stereocenters. The van der Waals surface area contributed by atoms with E-state index in [0.717, 1.165) is 16.7 Å². The number of hydrogen-bond acceptors (Lipinski definition) is 4. The monoisotopic (exact) mass is 344 g/mol. The van der Waals surface area contributed by atoms with E-state index in [4.69, 9.17) is 4.74 Å². The number of hydrogen-bond donors (Lipinski definition) is 2. The Kier molecular flexibility index (Phi) is 5.21. The van der Waals surface area contributed by atoms with Crippen molar-refractivity contribution in [3.05, 3.63) is 95.1 Å². The Hall–Kier alpha value is -3.71. The first kappa shape index (κ1) is 17.1. The Morgan fingerprint density at radius 2 is 1.50 bits per heavy atom. The second kappa shape index (κ2) is 7.91. The van der Waals surface area contributed by atoms with Crippen LogP contribution in [0.1, 0.15) is 27.0 Å². The predicted octanol–water partition coefficient (Wildman–Crippen LogP) is 3.85. The molecule has 3 rings (SSSR count). The van der Waals surface area contributed by atoms with Crippen molar-refractivity contribution in [3.63, 3.8) is 0 Å². The minimum Gasteiger partial charge on any atom is -0.508 e. The zero-order chi connectivity index (χ0) is 18.4. The van der Waals surface area contributed by atoms with Gasteiger partial charge in [0.25, 0.3) is 0 Å².